The molecule has 4 nitrogen and oxygen atoms in total. The van der Waals surface area contributed by atoms with Crippen LogP contribution in [0.15, 0.2) is 18.3 Å². The molecule has 1 aromatic rings. The van der Waals surface area contributed by atoms with E-state index in [9.17, 15) is 4.79 Å². The number of carbonyl (C=O) groups is 1. The molecule has 0 bridgehead atoms. The van der Waals surface area contributed by atoms with Crippen molar-refractivity contribution in [3.8, 4) is 0 Å². The number of pyridine rings is 1. The first-order chi connectivity index (χ1) is 7.87. The molecule has 0 radical (unpaired) electrons. The third-order valence-electron chi connectivity index (χ3n) is 2.08. The summed E-state index contributed by atoms with van der Waals surface area (Å²) in [5, 5.41) is 6.03. The third-order valence-corrected chi connectivity index (χ3v) is 2.08. The summed E-state index contributed by atoms with van der Waals surface area (Å²) in [5.41, 5.74) is 0.958. The molecule has 1 rings (SSSR count). The van der Waals surface area contributed by atoms with Crippen molar-refractivity contribution in [1.29, 1.82) is 0 Å². The zero-order valence-corrected chi connectivity index (χ0v) is 11.0. The smallest absolute Gasteiger partial charge is 0.222 e. The fourth-order valence-corrected chi connectivity index (χ4v) is 1.36. The Hall–Kier alpha value is -1.58. The number of aryl methyl sites for hydroxylation is 1. The molecule has 0 unspecified atom stereocenters. The van der Waals surface area contributed by atoms with Crippen LogP contribution >= 0.6 is 0 Å². The van der Waals surface area contributed by atoms with E-state index >= 15 is 0 Å². The minimum atomic E-state index is -0.167. The van der Waals surface area contributed by atoms with Crippen molar-refractivity contribution in [3.05, 3.63) is 23.9 Å². The second-order valence-electron chi connectivity index (χ2n) is 5.20. The Kier molecular flexibility index (Phi) is 4.49. The van der Waals surface area contributed by atoms with Gasteiger partial charge in [-0.25, -0.2) is 4.98 Å². The van der Waals surface area contributed by atoms with Crippen LogP contribution in [0.25, 0.3) is 0 Å². The maximum absolute atomic E-state index is 11.5. The standard InChI is InChI=1S/C13H21N3O/c1-10-5-6-11(15-9-10)14-8-7-12(17)16-13(2,3)4/h5-6,9H,7-8H2,1-4H3,(H,14,15)(H,16,17). The van der Waals surface area contributed by atoms with E-state index in [1.54, 1.807) is 6.20 Å². The van der Waals surface area contributed by atoms with Crippen LogP contribution in [-0.4, -0.2) is 23.0 Å². The van der Waals surface area contributed by atoms with E-state index in [4.69, 9.17) is 0 Å². The second-order valence-corrected chi connectivity index (χ2v) is 5.20. The van der Waals surface area contributed by atoms with Gasteiger partial charge in [-0.3, -0.25) is 4.79 Å². The minimum Gasteiger partial charge on any atom is -0.370 e. The summed E-state index contributed by atoms with van der Waals surface area (Å²) in [6.07, 6.45) is 2.25. The first kappa shape index (κ1) is 13.5. The topological polar surface area (TPSA) is 54.0 Å². The molecule has 17 heavy (non-hydrogen) atoms. The van der Waals surface area contributed by atoms with Gasteiger partial charge in [-0.2, -0.15) is 0 Å². The van der Waals surface area contributed by atoms with E-state index in [-0.39, 0.29) is 11.4 Å². The molecular formula is C13H21N3O. The van der Waals surface area contributed by atoms with Gasteiger partial charge in [0.05, 0.1) is 0 Å². The summed E-state index contributed by atoms with van der Waals surface area (Å²) in [6, 6.07) is 3.90. The first-order valence-electron chi connectivity index (χ1n) is 5.84. The lowest BCUT2D eigenvalue weighted by atomic mass is 10.1. The van der Waals surface area contributed by atoms with Gasteiger partial charge in [0.2, 0.25) is 5.91 Å². The average Bonchev–Trinajstić information content (AvgIpc) is 2.18. The molecule has 2 N–H and O–H groups in total. The number of hydrogen-bond acceptors (Lipinski definition) is 3. The van der Waals surface area contributed by atoms with Crippen LogP contribution in [0.5, 0.6) is 0 Å². The maximum Gasteiger partial charge on any atom is 0.222 e. The number of carbonyl (C=O) groups excluding carboxylic acids is 1. The molecular weight excluding hydrogens is 214 g/mol. The molecule has 1 heterocycles. The van der Waals surface area contributed by atoms with Gasteiger partial charge in [-0.1, -0.05) is 6.07 Å². The van der Waals surface area contributed by atoms with Gasteiger partial charge in [-0.15, -0.1) is 0 Å². The lowest BCUT2D eigenvalue weighted by Crippen LogP contribution is -2.41. The summed E-state index contributed by atoms with van der Waals surface area (Å²) in [7, 11) is 0. The number of nitrogens with zero attached hydrogens (tertiary/aromatic N) is 1. The molecule has 0 saturated carbocycles. The predicted octanol–water partition coefficient (Wildman–Crippen LogP) is 2.11. The molecule has 0 fully saturated rings. The molecule has 0 aromatic carbocycles. The molecule has 4 heteroatoms. The van der Waals surface area contributed by atoms with E-state index in [1.807, 2.05) is 39.8 Å². The van der Waals surface area contributed by atoms with Crippen LogP contribution in [-0.2, 0) is 4.79 Å². The molecule has 0 aliphatic heterocycles. The van der Waals surface area contributed by atoms with Gasteiger partial charge in [0.15, 0.2) is 0 Å². The summed E-state index contributed by atoms with van der Waals surface area (Å²) in [5.74, 6) is 0.858. The fraction of sp³-hybridized carbons (Fsp3) is 0.538. The van der Waals surface area contributed by atoms with E-state index in [0.29, 0.717) is 13.0 Å². The van der Waals surface area contributed by atoms with Crippen LogP contribution in [0.3, 0.4) is 0 Å². The van der Waals surface area contributed by atoms with E-state index in [1.165, 1.54) is 0 Å². The number of aromatic nitrogens is 1. The predicted molar refractivity (Wildman–Crippen MR) is 70.0 cm³/mol. The number of nitrogens with one attached hydrogen (secondary N) is 2. The number of amides is 1. The van der Waals surface area contributed by atoms with E-state index in [2.05, 4.69) is 15.6 Å². The molecule has 1 amide bonds. The van der Waals surface area contributed by atoms with Gasteiger partial charge in [0, 0.05) is 24.7 Å². The fourth-order valence-electron chi connectivity index (χ4n) is 1.36. The van der Waals surface area contributed by atoms with Gasteiger partial charge >= 0.3 is 0 Å². The summed E-state index contributed by atoms with van der Waals surface area (Å²) < 4.78 is 0. The number of hydrogen-bond donors (Lipinski definition) is 2. The van der Waals surface area contributed by atoms with Crippen molar-refractivity contribution in [2.24, 2.45) is 0 Å². The van der Waals surface area contributed by atoms with Crippen molar-refractivity contribution < 1.29 is 4.79 Å². The quantitative estimate of drug-likeness (QED) is 0.840. The van der Waals surface area contributed by atoms with Crippen LogP contribution < -0.4 is 10.6 Å². The highest BCUT2D eigenvalue weighted by Gasteiger charge is 2.12. The van der Waals surface area contributed by atoms with Crippen molar-refractivity contribution in [1.82, 2.24) is 10.3 Å². The molecule has 94 valence electrons. The second kappa shape index (κ2) is 5.66. The Balaban J connectivity index is 2.28. The minimum absolute atomic E-state index is 0.0529. The summed E-state index contributed by atoms with van der Waals surface area (Å²) in [4.78, 5) is 15.7. The normalized spacial score (nSPS) is 11.1. The average molecular weight is 235 g/mol. The zero-order chi connectivity index (χ0) is 12.9. The molecule has 0 spiro atoms. The molecule has 0 atom stereocenters. The highest BCUT2D eigenvalue weighted by atomic mass is 16.1. The van der Waals surface area contributed by atoms with Gasteiger partial charge in [0.1, 0.15) is 5.82 Å². The van der Waals surface area contributed by atoms with Crippen molar-refractivity contribution in [2.45, 2.75) is 39.7 Å². The summed E-state index contributed by atoms with van der Waals surface area (Å²) in [6.45, 7) is 8.51. The van der Waals surface area contributed by atoms with E-state index in [0.717, 1.165) is 11.4 Å². The van der Waals surface area contributed by atoms with Gasteiger partial charge in [0.25, 0.3) is 0 Å². The highest BCUT2D eigenvalue weighted by molar-refractivity contribution is 5.77. The zero-order valence-electron chi connectivity index (χ0n) is 11.0. The summed E-state index contributed by atoms with van der Waals surface area (Å²) >= 11 is 0. The third kappa shape index (κ3) is 5.90. The van der Waals surface area contributed by atoms with Crippen molar-refractivity contribution >= 4 is 11.7 Å². The molecule has 0 saturated heterocycles. The molecule has 0 aliphatic carbocycles. The number of rotatable bonds is 4. The van der Waals surface area contributed by atoms with Crippen molar-refractivity contribution in [3.63, 3.8) is 0 Å². The number of anilines is 1. The van der Waals surface area contributed by atoms with Gasteiger partial charge < -0.3 is 10.6 Å². The van der Waals surface area contributed by atoms with Gasteiger partial charge in [-0.05, 0) is 39.3 Å². The monoisotopic (exact) mass is 235 g/mol. The molecule has 0 aliphatic rings. The van der Waals surface area contributed by atoms with Crippen LogP contribution in [0.4, 0.5) is 5.82 Å². The van der Waals surface area contributed by atoms with Crippen LogP contribution in [0.2, 0.25) is 0 Å². The highest BCUT2D eigenvalue weighted by Crippen LogP contribution is 2.04. The van der Waals surface area contributed by atoms with Crippen LogP contribution in [0, 0.1) is 6.92 Å². The van der Waals surface area contributed by atoms with Crippen LogP contribution in [0.1, 0.15) is 32.8 Å². The lowest BCUT2D eigenvalue weighted by Gasteiger charge is -2.20. The Morgan fingerprint density at radius 1 is 1.35 bits per heavy atom. The maximum atomic E-state index is 11.5. The molecule has 1 aromatic heterocycles. The first-order valence-corrected chi connectivity index (χ1v) is 5.84. The Morgan fingerprint density at radius 3 is 2.59 bits per heavy atom. The largest absolute Gasteiger partial charge is 0.370 e. The van der Waals surface area contributed by atoms with Crippen molar-refractivity contribution in [2.75, 3.05) is 11.9 Å². The lowest BCUT2D eigenvalue weighted by molar-refractivity contribution is -0.122. The SMILES string of the molecule is Cc1ccc(NCCC(=O)NC(C)(C)C)nc1. The van der Waals surface area contributed by atoms with E-state index < -0.39 is 0 Å². The Bertz CT molecular complexity index is 365. The Labute approximate surface area is 103 Å². The Morgan fingerprint density at radius 2 is 2.06 bits per heavy atom.